The highest BCUT2D eigenvalue weighted by molar-refractivity contribution is 7.14. The Kier molecular flexibility index (Phi) is 4.36. The highest BCUT2D eigenvalue weighted by atomic mass is 32.1. The molecule has 1 heterocycles. The van der Waals surface area contributed by atoms with Gasteiger partial charge in [-0.1, -0.05) is 18.6 Å². The molecule has 2 aromatic rings. The number of rotatable bonds is 3. The van der Waals surface area contributed by atoms with Crippen LogP contribution in [0.4, 0.5) is 5.69 Å². The van der Waals surface area contributed by atoms with Crippen molar-refractivity contribution in [1.29, 1.82) is 0 Å². The van der Waals surface area contributed by atoms with E-state index < -0.39 is 0 Å². The maximum absolute atomic E-state index is 12.3. The fourth-order valence-corrected chi connectivity index (χ4v) is 3.85. The first-order chi connectivity index (χ1) is 10.3. The van der Waals surface area contributed by atoms with Crippen molar-refractivity contribution in [2.75, 3.05) is 5.32 Å². The number of thiophene rings is 1. The van der Waals surface area contributed by atoms with Crippen molar-refractivity contribution in [3.63, 3.8) is 0 Å². The molecule has 0 fully saturated rings. The molecule has 1 aliphatic carbocycles. The lowest BCUT2D eigenvalue weighted by Gasteiger charge is -2.04. The lowest BCUT2D eigenvalue weighted by Crippen LogP contribution is -2.10. The van der Waals surface area contributed by atoms with Gasteiger partial charge in [-0.2, -0.15) is 0 Å². The monoisotopic (exact) mass is 300 g/mol. The highest BCUT2D eigenvalue weighted by Gasteiger charge is 2.16. The molecule has 1 aromatic heterocycles. The van der Waals surface area contributed by atoms with Gasteiger partial charge < -0.3 is 11.1 Å². The van der Waals surface area contributed by atoms with Crippen molar-refractivity contribution >= 4 is 22.9 Å². The lowest BCUT2D eigenvalue weighted by molar-refractivity contribution is 0.103. The van der Waals surface area contributed by atoms with Gasteiger partial charge in [0.15, 0.2) is 0 Å². The van der Waals surface area contributed by atoms with E-state index in [4.69, 9.17) is 5.73 Å². The van der Waals surface area contributed by atoms with Crippen LogP contribution in [0.2, 0.25) is 0 Å². The first kappa shape index (κ1) is 14.3. The minimum atomic E-state index is -0.00595. The molecular formula is C17H20N2OS. The quantitative estimate of drug-likeness (QED) is 0.849. The molecule has 1 amide bonds. The number of amides is 1. The third-order valence-electron chi connectivity index (χ3n) is 3.92. The van der Waals surface area contributed by atoms with E-state index in [9.17, 15) is 4.79 Å². The third-order valence-corrected chi connectivity index (χ3v) is 5.15. The largest absolute Gasteiger partial charge is 0.326 e. The van der Waals surface area contributed by atoms with Crippen LogP contribution >= 0.6 is 11.3 Å². The molecule has 3 nitrogen and oxygen atoms in total. The number of nitrogens with two attached hydrogens (primary N) is 1. The Morgan fingerprint density at radius 3 is 2.67 bits per heavy atom. The number of nitrogens with one attached hydrogen (secondary N) is 1. The van der Waals surface area contributed by atoms with Gasteiger partial charge in [0.25, 0.3) is 5.91 Å². The van der Waals surface area contributed by atoms with Gasteiger partial charge in [0.2, 0.25) is 0 Å². The summed E-state index contributed by atoms with van der Waals surface area (Å²) in [6, 6.07) is 9.77. The summed E-state index contributed by atoms with van der Waals surface area (Å²) in [5.74, 6) is -0.00595. The van der Waals surface area contributed by atoms with Crippen molar-refractivity contribution < 1.29 is 4.79 Å². The molecule has 0 aliphatic heterocycles. The number of benzene rings is 1. The predicted molar refractivity (Wildman–Crippen MR) is 87.9 cm³/mol. The zero-order valence-electron chi connectivity index (χ0n) is 12.0. The summed E-state index contributed by atoms with van der Waals surface area (Å²) < 4.78 is 0. The summed E-state index contributed by atoms with van der Waals surface area (Å²) in [6.07, 6.45) is 6.03. The zero-order chi connectivity index (χ0) is 14.7. The molecule has 0 saturated carbocycles. The van der Waals surface area contributed by atoms with Crippen molar-refractivity contribution in [2.24, 2.45) is 5.73 Å². The van der Waals surface area contributed by atoms with E-state index in [-0.39, 0.29) is 5.91 Å². The fourth-order valence-electron chi connectivity index (χ4n) is 2.70. The number of carbonyl (C=O) groups is 1. The average Bonchev–Trinajstić information content (AvgIpc) is 2.79. The summed E-state index contributed by atoms with van der Waals surface area (Å²) in [5.41, 5.74) is 8.84. The van der Waals surface area contributed by atoms with E-state index in [1.54, 1.807) is 11.3 Å². The van der Waals surface area contributed by atoms with Gasteiger partial charge >= 0.3 is 0 Å². The minimum absolute atomic E-state index is 0.00595. The molecule has 21 heavy (non-hydrogen) atoms. The van der Waals surface area contributed by atoms with Gasteiger partial charge in [-0.3, -0.25) is 4.79 Å². The van der Waals surface area contributed by atoms with E-state index >= 15 is 0 Å². The lowest BCUT2D eigenvalue weighted by atomic mass is 10.1. The Morgan fingerprint density at radius 2 is 1.90 bits per heavy atom. The summed E-state index contributed by atoms with van der Waals surface area (Å²) in [4.78, 5) is 14.6. The Morgan fingerprint density at radius 1 is 1.14 bits per heavy atom. The molecule has 110 valence electrons. The minimum Gasteiger partial charge on any atom is -0.326 e. The summed E-state index contributed by atoms with van der Waals surface area (Å²) in [7, 11) is 0. The van der Waals surface area contributed by atoms with Crippen molar-refractivity contribution in [3.05, 3.63) is 51.2 Å². The molecule has 0 radical (unpaired) electrons. The normalized spacial score (nSPS) is 14.3. The zero-order valence-corrected chi connectivity index (χ0v) is 12.8. The average molecular weight is 300 g/mol. The van der Waals surface area contributed by atoms with Crippen molar-refractivity contribution in [1.82, 2.24) is 0 Å². The number of fused-ring (bicyclic) bond motifs is 1. The van der Waals surface area contributed by atoms with Gasteiger partial charge in [-0.25, -0.2) is 0 Å². The fraction of sp³-hybridized carbons (Fsp3) is 0.353. The number of carbonyl (C=O) groups excluding carboxylic acids is 1. The van der Waals surface area contributed by atoms with Crippen LogP contribution in [0.15, 0.2) is 30.3 Å². The Balaban J connectivity index is 1.72. The Hall–Kier alpha value is -1.65. The molecule has 0 spiro atoms. The number of anilines is 1. The smallest absolute Gasteiger partial charge is 0.265 e. The summed E-state index contributed by atoms with van der Waals surface area (Å²) in [6.45, 7) is 0.520. The molecule has 0 atom stereocenters. The third kappa shape index (κ3) is 3.34. The van der Waals surface area contributed by atoms with Gasteiger partial charge in [0.05, 0.1) is 4.88 Å². The number of aryl methyl sites for hydroxylation is 2. The Bertz CT molecular complexity index is 607. The van der Waals surface area contributed by atoms with E-state index in [1.807, 2.05) is 24.3 Å². The number of hydrogen-bond donors (Lipinski definition) is 2. The first-order valence-corrected chi connectivity index (χ1v) is 8.30. The molecule has 3 rings (SSSR count). The molecule has 3 N–H and O–H groups in total. The van der Waals surface area contributed by atoms with Crippen molar-refractivity contribution in [3.8, 4) is 0 Å². The van der Waals surface area contributed by atoms with E-state index in [2.05, 4.69) is 11.4 Å². The van der Waals surface area contributed by atoms with E-state index in [1.165, 1.54) is 29.7 Å². The van der Waals surface area contributed by atoms with E-state index in [0.717, 1.165) is 29.0 Å². The topological polar surface area (TPSA) is 55.1 Å². The van der Waals surface area contributed by atoms with E-state index in [0.29, 0.717) is 6.54 Å². The van der Waals surface area contributed by atoms with Gasteiger partial charge in [-0.05, 0) is 55.0 Å². The van der Waals surface area contributed by atoms with Crippen LogP contribution < -0.4 is 11.1 Å². The second kappa shape index (κ2) is 6.41. The second-order valence-electron chi connectivity index (χ2n) is 5.47. The molecule has 1 aromatic carbocycles. The van der Waals surface area contributed by atoms with Gasteiger partial charge in [0.1, 0.15) is 0 Å². The van der Waals surface area contributed by atoms with Crippen LogP contribution in [-0.4, -0.2) is 5.91 Å². The van der Waals surface area contributed by atoms with Crippen LogP contribution in [0.1, 0.15) is 44.9 Å². The SMILES string of the molecule is NCc1ccc(NC(=O)c2cc3c(s2)CCCCC3)cc1. The van der Waals surface area contributed by atoms with Crippen LogP contribution in [0, 0.1) is 0 Å². The van der Waals surface area contributed by atoms with Crippen LogP contribution in [0.3, 0.4) is 0 Å². The van der Waals surface area contributed by atoms with Gasteiger partial charge in [0, 0.05) is 17.1 Å². The van der Waals surface area contributed by atoms with Crippen LogP contribution in [0.5, 0.6) is 0 Å². The highest BCUT2D eigenvalue weighted by Crippen LogP contribution is 2.29. The van der Waals surface area contributed by atoms with Crippen LogP contribution in [-0.2, 0) is 19.4 Å². The second-order valence-corrected chi connectivity index (χ2v) is 6.61. The van der Waals surface area contributed by atoms with Crippen LogP contribution in [0.25, 0.3) is 0 Å². The molecule has 4 heteroatoms. The predicted octanol–water partition coefficient (Wildman–Crippen LogP) is 3.73. The standard InChI is InChI=1S/C17H20N2OS/c18-11-12-6-8-14(9-7-12)19-17(20)16-10-13-4-2-1-3-5-15(13)21-16/h6-10H,1-5,11,18H2,(H,19,20). The molecule has 0 unspecified atom stereocenters. The number of hydrogen-bond acceptors (Lipinski definition) is 3. The molecule has 1 aliphatic rings. The summed E-state index contributed by atoms with van der Waals surface area (Å²) in [5, 5.41) is 2.96. The first-order valence-electron chi connectivity index (χ1n) is 7.48. The molecule has 0 saturated heterocycles. The maximum Gasteiger partial charge on any atom is 0.265 e. The molecule has 0 bridgehead atoms. The Labute approximate surface area is 129 Å². The van der Waals surface area contributed by atoms with Crippen molar-refractivity contribution in [2.45, 2.75) is 38.6 Å². The van der Waals surface area contributed by atoms with Gasteiger partial charge in [-0.15, -0.1) is 11.3 Å². The molecular weight excluding hydrogens is 280 g/mol. The summed E-state index contributed by atoms with van der Waals surface area (Å²) >= 11 is 1.65. The maximum atomic E-state index is 12.3.